The van der Waals surface area contributed by atoms with Gasteiger partial charge in [0, 0.05) is 6.07 Å². The van der Waals surface area contributed by atoms with Gasteiger partial charge in [-0.1, -0.05) is 24.1 Å². The van der Waals surface area contributed by atoms with Gasteiger partial charge in [0.25, 0.3) is 15.7 Å². The molecule has 8 nitrogen and oxygen atoms in total. The number of carbonyl (C=O) groups excluding carboxylic acids is 1. The molecule has 23 heavy (non-hydrogen) atoms. The van der Waals surface area contributed by atoms with Crippen molar-refractivity contribution in [3.8, 4) is 12.3 Å². The number of nitro benzene ring substituents is 1. The maximum Gasteiger partial charge on any atom is 0.355 e. The van der Waals surface area contributed by atoms with Gasteiger partial charge in [-0.25, -0.2) is 17.5 Å². The fourth-order valence-corrected chi connectivity index (χ4v) is 3.37. The third kappa shape index (κ3) is 3.67. The first-order valence-electron chi connectivity index (χ1n) is 6.25. The third-order valence-corrected chi connectivity index (χ3v) is 4.61. The van der Waals surface area contributed by atoms with Crippen LogP contribution in [0.5, 0.6) is 0 Å². The molecule has 0 unspecified atom stereocenters. The minimum atomic E-state index is -4.43. The Hall–Kier alpha value is -2.86. The first-order chi connectivity index (χ1) is 10.8. The van der Waals surface area contributed by atoms with Crippen molar-refractivity contribution in [2.75, 3.05) is 13.7 Å². The molecule has 122 valence electrons. The lowest BCUT2D eigenvalue weighted by Crippen LogP contribution is -2.35. The molecule has 0 aromatic heterocycles. The van der Waals surface area contributed by atoms with Crippen molar-refractivity contribution in [1.29, 1.82) is 0 Å². The number of terminal acetylenes is 1. The highest BCUT2D eigenvalue weighted by atomic mass is 32.2. The zero-order chi connectivity index (χ0) is 17.6. The van der Waals surface area contributed by atoms with Gasteiger partial charge < -0.3 is 4.74 Å². The van der Waals surface area contributed by atoms with Crippen LogP contribution >= 0.6 is 0 Å². The topological polar surface area (TPSA) is 107 Å². The van der Waals surface area contributed by atoms with Gasteiger partial charge in [-0.3, -0.25) is 10.1 Å². The Morgan fingerprint density at radius 2 is 2.09 bits per heavy atom. The summed E-state index contributed by atoms with van der Waals surface area (Å²) in [6.45, 7) is 0.938. The van der Waals surface area contributed by atoms with Crippen molar-refractivity contribution in [1.82, 2.24) is 4.31 Å². The molecule has 0 radical (unpaired) electrons. The van der Waals surface area contributed by atoms with E-state index in [2.05, 4.69) is 10.7 Å². The third-order valence-electron chi connectivity index (χ3n) is 2.80. The summed E-state index contributed by atoms with van der Waals surface area (Å²) in [5.74, 6) is 1.19. The molecule has 0 aliphatic heterocycles. The van der Waals surface area contributed by atoms with Gasteiger partial charge in [-0.05, 0) is 13.0 Å². The van der Waals surface area contributed by atoms with Crippen LogP contribution in [0.4, 0.5) is 5.69 Å². The molecule has 9 heteroatoms. The molecular formula is C14H14N2O6S. The molecule has 0 aliphatic rings. The quantitative estimate of drug-likeness (QED) is 0.254. The Bertz CT molecular complexity index is 792. The highest BCUT2D eigenvalue weighted by molar-refractivity contribution is 7.89. The van der Waals surface area contributed by atoms with E-state index in [4.69, 9.17) is 6.42 Å². The standard InChI is InChI=1S/C14H14N2O6S/c1-4-10-15(11(5-2)14(17)22-3)23(20,21)13-9-7-6-8-12(13)16(18)19/h1,5-9H,10H2,2-3H3/b11-5+. The smallest absolute Gasteiger partial charge is 0.355 e. The van der Waals surface area contributed by atoms with Crippen molar-refractivity contribution in [3.63, 3.8) is 0 Å². The average Bonchev–Trinajstić information content (AvgIpc) is 2.54. The van der Waals surface area contributed by atoms with Crippen LogP contribution in [-0.2, 0) is 19.6 Å². The predicted molar refractivity (Wildman–Crippen MR) is 81.6 cm³/mol. The number of hydrogen-bond donors (Lipinski definition) is 0. The molecule has 0 bridgehead atoms. The van der Waals surface area contributed by atoms with E-state index in [1.54, 1.807) is 0 Å². The number of esters is 1. The maximum atomic E-state index is 12.7. The lowest BCUT2D eigenvalue weighted by molar-refractivity contribution is -0.387. The number of benzene rings is 1. The first-order valence-corrected chi connectivity index (χ1v) is 7.69. The summed E-state index contributed by atoms with van der Waals surface area (Å²) in [5, 5.41) is 11.1. The summed E-state index contributed by atoms with van der Waals surface area (Å²) < 4.78 is 30.6. The second-order valence-electron chi connectivity index (χ2n) is 4.11. The average molecular weight is 338 g/mol. The molecular weight excluding hydrogens is 324 g/mol. The van der Waals surface area contributed by atoms with Crippen LogP contribution < -0.4 is 0 Å². The van der Waals surface area contributed by atoms with Crippen LogP contribution in [0.25, 0.3) is 0 Å². The predicted octanol–water partition coefficient (Wildman–Crippen LogP) is 1.30. The zero-order valence-corrected chi connectivity index (χ0v) is 13.2. The summed E-state index contributed by atoms with van der Waals surface area (Å²) in [5.41, 5.74) is -0.946. The van der Waals surface area contributed by atoms with E-state index in [9.17, 15) is 23.3 Å². The normalized spacial score (nSPS) is 11.4. The van der Waals surface area contributed by atoms with Crippen molar-refractivity contribution in [2.24, 2.45) is 0 Å². The second kappa shape index (κ2) is 7.42. The minimum Gasteiger partial charge on any atom is -0.464 e. The van der Waals surface area contributed by atoms with E-state index in [0.717, 1.165) is 19.2 Å². The molecule has 0 saturated heterocycles. The molecule has 0 amide bonds. The molecule has 0 fully saturated rings. The lowest BCUT2D eigenvalue weighted by atomic mass is 10.3. The van der Waals surface area contributed by atoms with Crippen LogP contribution in [0.15, 0.2) is 40.9 Å². The van der Waals surface area contributed by atoms with Gasteiger partial charge in [-0.15, -0.1) is 6.42 Å². The summed E-state index contributed by atoms with van der Waals surface area (Å²) in [4.78, 5) is 21.4. The number of carbonyl (C=O) groups is 1. The number of para-hydroxylation sites is 1. The summed E-state index contributed by atoms with van der Waals surface area (Å²) in [6.07, 6.45) is 6.37. The Kier molecular flexibility index (Phi) is 5.87. The van der Waals surface area contributed by atoms with E-state index in [0.29, 0.717) is 4.31 Å². The number of ether oxygens (including phenoxy) is 1. The number of nitro groups is 1. The van der Waals surface area contributed by atoms with Gasteiger partial charge in [0.05, 0.1) is 18.6 Å². The molecule has 0 spiro atoms. The Morgan fingerprint density at radius 1 is 1.48 bits per heavy atom. The summed E-state index contributed by atoms with van der Waals surface area (Å²) >= 11 is 0. The zero-order valence-electron chi connectivity index (χ0n) is 12.4. The van der Waals surface area contributed by atoms with Crippen molar-refractivity contribution < 1.29 is 22.9 Å². The van der Waals surface area contributed by atoms with Gasteiger partial charge in [-0.2, -0.15) is 0 Å². The van der Waals surface area contributed by atoms with Crippen molar-refractivity contribution in [3.05, 3.63) is 46.2 Å². The summed E-state index contributed by atoms with van der Waals surface area (Å²) in [7, 11) is -3.34. The van der Waals surface area contributed by atoms with Crippen LogP contribution in [0.3, 0.4) is 0 Å². The number of nitrogens with zero attached hydrogens (tertiary/aromatic N) is 2. The van der Waals surface area contributed by atoms with Gasteiger partial charge in [0.15, 0.2) is 4.90 Å². The molecule has 0 N–H and O–H groups in total. The molecule has 1 rings (SSSR count). The maximum absolute atomic E-state index is 12.7. The lowest BCUT2D eigenvalue weighted by Gasteiger charge is -2.23. The number of allylic oxidation sites excluding steroid dienone is 1. The monoisotopic (exact) mass is 338 g/mol. The number of rotatable bonds is 6. The molecule has 0 aliphatic carbocycles. The van der Waals surface area contributed by atoms with Gasteiger partial charge in [0.1, 0.15) is 5.70 Å². The van der Waals surface area contributed by atoms with E-state index < -0.39 is 38.0 Å². The number of hydrogen-bond acceptors (Lipinski definition) is 6. The Morgan fingerprint density at radius 3 is 2.57 bits per heavy atom. The molecule has 0 saturated carbocycles. The number of sulfonamides is 1. The Balaban J connectivity index is 3.57. The van der Waals surface area contributed by atoms with E-state index >= 15 is 0 Å². The van der Waals surface area contributed by atoms with Gasteiger partial charge in [0.2, 0.25) is 0 Å². The minimum absolute atomic E-state index is 0.330. The molecule has 1 aromatic rings. The van der Waals surface area contributed by atoms with E-state index in [1.165, 1.54) is 25.1 Å². The fraction of sp³-hybridized carbons (Fsp3) is 0.214. The summed E-state index contributed by atoms with van der Waals surface area (Å²) in [6, 6.07) is 4.79. The molecule has 1 aromatic carbocycles. The highest BCUT2D eigenvalue weighted by Crippen LogP contribution is 2.28. The largest absolute Gasteiger partial charge is 0.464 e. The van der Waals surface area contributed by atoms with Crippen molar-refractivity contribution >= 4 is 21.7 Å². The molecule has 0 heterocycles. The SMILES string of the molecule is C#CCN(/C(=C/C)C(=O)OC)S(=O)(=O)c1ccccc1[N+](=O)[O-]. The first kappa shape index (κ1) is 18.2. The second-order valence-corrected chi connectivity index (χ2v) is 5.94. The highest BCUT2D eigenvalue weighted by Gasteiger charge is 2.34. The van der Waals surface area contributed by atoms with Crippen LogP contribution in [0, 0.1) is 22.5 Å². The van der Waals surface area contributed by atoms with E-state index in [1.807, 2.05) is 0 Å². The Labute approximate surface area is 133 Å². The van der Waals surface area contributed by atoms with Crippen LogP contribution in [0.1, 0.15) is 6.92 Å². The van der Waals surface area contributed by atoms with E-state index in [-0.39, 0.29) is 5.70 Å². The van der Waals surface area contributed by atoms with Crippen molar-refractivity contribution in [2.45, 2.75) is 11.8 Å². The number of methoxy groups -OCH3 is 1. The molecule has 0 atom stereocenters. The van der Waals surface area contributed by atoms with Crippen LogP contribution in [-0.4, -0.2) is 37.3 Å². The van der Waals surface area contributed by atoms with Gasteiger partial charge >= 0.3 is 5.97 Å². The fourth-order valence-electron chi connectivity index (χ4n) is 1.80. The van der Waals surface area contributed by atoms with Crippen LogP contribution in [0.2, 0.25) is 0 Å².